The van der Waals surface area contributed by atoms with Gasteiger partial charge in [0.25, 0.3) is 0 Å². The van der Waals surface area contributed by atoms with Crippen molar-refractivity contribution in [2.24, 2.45) is 11.3 Å². The first kappa shape index (κ1) is 61.1. The molecule has 0 spiro atoms. The van der Waals surface area contributed by atoms with Gasteiger partial charge in [0.1, 0.15) is 0 Å². The minimum atomic E-state index is -0.144. The zero-order valence-electron chi connectivity index (χ0n) is 50.4. The van der Waals surface area contributed by atoms with Crippen LogP contribution >= 0.6 is 0 Å². The molecule has 0 aliphatic rings. The molecule has 0 unspecified atom stereocenters. The lowest BCUT2D eigenvalue weighted by atomic mass is 9.69. The van der Waals surface area contributed by atoms with Gasteiger partial charge in [0.2, 0.25) is 0 Å². The number of hydrogen-bond acceptors (Lipinski definition) is 0. The molecule has 0 fully saturated rings. The first-order chi connectivity index (χ1) is 34.8. The molecule has 0 aliphatic heterocycles. The molecule has 0 heteroatoms. The highest BCUT2D eigenvalue weighted by Crippen LogP contribution is 2.43. The van der Waals surface area contributed by atoms with Gasteiger partial charge in [0.05, 0.1) is 0 Å². The molecular weight excluding hydrogens is 889 g/mol. The van der Waals surface area contributed by atoms with Gasteiger partial charge in [-0.25, -0.2) is 0 Å². The van der Waals surface area contributed by atoms with Crippen molar-refractivity contribution in [1.29, 1.82) is 0 Å². The molecule has 7 aromatic rings. The van der Waals surface area contributed by atoms with E-state index in [9.17, 15) is 0 Å². The van der Waals surface area contributed by atoms with E-state index in [4.69, 9.17) is 0 Å². The van der Waals surface area contributed by atoms with Crippen LogP contribution in [0.15, 0.2) is 164 Å². The van der Waals surface area contributed by atoms with Gasteiger partial charge in [-0.2, -0.15) is 0 Å². The molecule has 0 amide bonds. The molecule has 0 N–H and O–H groups in total. The van der Waals surface area contributed by atoms with Crippen LogP contribution in [0.25, 0.3) is 0 Å². The highest BCUT2D eigenvalue weighted by atomic mass is 14.4. The molecule has 0 saturated carbocycles. The van der Waals surface area contributed by atoms with Crippen molar-refractivity contribution in [2.45, 2.75) is 199 Å². The Morgan fingerprint density at radius 1 is 0.257 bits per heavy atom. The molecule has 0 saturated heterocycles. The predicted octanol–water partition coefficient (Wildman–Crippen LogP) is 21.6. The first-order valence-corrected chi connectivity index (χ1v) is 28.4. The summed E-state index contributed by atoms with van der Waals surface area (Å²) in [6.45, 7) is 45.3. The van der Waals surface area contributed by atoms with Crippen molar-refractivity contribution in [3.63, 3.8) is 0 Å². The summed E-state index contributed by atoms with van der Waals surface area (Å²) in [4.78, 5) is 0. The Kier molecular flexibility index (Phi) is 22.2. The molecule has 0 atom stereocenters. The summed E-state index contributed by atoms with van der Waals surface area (Å²) < 4.78 is 0. The van der Waals surface area contributed by atoms with E-state index in [2.05, 4.69) is 302 Å². The number of rotatable bonds is 15. The SMILES string of the molecule is CCC(C)(CC)CC.CCC(CC)CC.Cc1ccc(C(C)(C)c2cc(C(C)(C)c3ccc(C)cc3)cc(C(C)(C)c3ccc(C)cc3)c2)cc1.Cc1ccc(C(C)(c2ccc(C)cc2)c2ccc(C)cc2)cc1. The van der Waals surface area contributed by atoms with Crippen LogP contribution in [0, 0.1) is 52.9 Å². The highest BCUT2D eigenvalue weighted by Gasteiger charge is 2.33. The molecule has 0 radical (unpaired) electrons. The maximum atomic E-state index is 2.45. The van der Waals surface area contributed by atoms with E-state index in [1.165, 1.54) is 122 Å². The summed E-state index contributed by atoms with van der Waals surface area (Å²) in [6.07, 6.45) is 8.02. The maximum Gasteiger partial charge on any atom is 0.0423 e. The Morgan fingerprint density at radius 2 is 0.432 bits per heavy atom. The van der Waals surface area contributed by atoms with Crippen LogP contribution in [0.2, 0.25) is 0 Å². The fraction of sp³-hybridized carbons (Fsp3) is 0.432. The van der Waals surface area contributed by atoms with Gasteiger partial charge >= 0.3 is 0 Å². The molecule has 0 aromatic heterocycles. The Bertz CT molecular complexity index is 2400. The average molecular weight is 990 g/mol. The zero-order valence-corrected chi connectivity index (χ0v) is 50.4. The van der Waals surface area contributed by atoms with E-state index in [0.717, 1.165) is 5.92 Å². The van der Waals surface area contributed by atoms with E-state index >= 15 is 0 Å². The van der Waals surface area contributed by atoms with Crippen LogP contribution in [0.5, 0.6) is 0 Å². The average Bonchev–Trinajstić information content (AvgIpc) is 3.40. The van der Waals surface area contributed by atoms with Gasteiger partial charge < -0.3 is 0 Å². The first-order valence-electron chi connectivity index (χ1n) is 28.4. The fourth-order valence-electron chi connectivity index (χ4n) is 9.90. The molecule has 0 heterocycles. The van der Waals surface area contributed by atoms with Gasteiger partial charge in [-0.15, -0.1) is 0 Å². The predicted molar refractivity (Wildman–Crippen MR) is 329 cm³/mol. The van der Waals surface area contributed by atoms with E-state index in [1.54, 1.807) is 0 Å². The topological polar surface area (TPSA) is 0 Å². The van der Waals surface area contributed by atoms with Crippen LogP contribution in [-0.4, -0.2) is 0 Å². The molecular formula is C74H100. The summed E-state index contributed by atoms with van der Waals surface area (Å²) in [7, 11) is 0. The smallest absolute Gasteiger partial charge is 0.0423 e. The number of hydrogen-bond donors (Lipinski definition) is 0. The molecule has 0 nitrogen and oxygen atoms in total. The summed E-state index contributed by atoms with van der Waals surface area (Å²) in [5, 5.41) is 0. The van der Waals surface area contributed by atoms with E-state index in [1.807, 2.05) is 0 Å². The molecule has 74 heavy (non-hydrogen) atoms. The van der Waals surface area contributed by atoms with Crippen molar-refractivity contribution in [1.82, 2.24) is 0 Å². The van der Waals surface area contributed by atoms with Crippen LogP contribution in [0.4, 0.5) is 0 Å². The van der Waals surface area contributed by atoms with Crippen molar-refractivity contribution in [2.75, 3.05) is 0 Å². The lowest BCUT2D eigenvalue weighted by Gasteiger charge is -2.35. The van der Waals surface area contributed by atoms with Crippen LogP contribution in [0.3, 0.4) is 0 Å². The van der Waals surface area contributed by atoms with Crippen molar-refractivity contribution in [3.8, 4) is 0 Å². The van der Waals surface area contributed by atoms with Gasteiger partial charge in [-0.1, -0.05) is 326 Å². The molecule has 0 aliphatic carbocycles. The Hall–Kier alpha value is -5.46. The second kappa shape index (κ2) is 26.8. The third kappa shape index (κ3) is 15.6. The minimum Gasteiger partial charge on any atom is -0.0651 e. The third-order valence-corrected chi connectivity index (χ3v) is 17.6. The largest absolute Gasteiger partial charge is 0.0651 e. The second-order valence-electron chi connectivity index (χ2n) is 24.0. The normalized spacial score (nSPS) is 12.0. The van der Waals surface area contributed by atoms with Crippen molar-refractivity contribution >= 4 is 0 Å². The van der Waals surface area contributed by atoms with Gasteiger partial charge in [0.15, 0.2) is 0 Å². The van der Waals surface area contributed by atoms with E-state index < -0.39 is 0 Å². The maximum absolute atomic E-state index is 2.45. The minimum absolute atomic E-state index is 0.120. The van der Waals surface area contributed by atoms with E-state index in [-0.39, 0.29) is 21.7 Å². The monoisotopic (exact) mass is 989 g/mol. The standard InChI is InChI=1S/C36H42.C23H24.C8H18.C7H16/c1-25-10-16-28(17-11-25)34(4,5)31-22-32(35(6,7)29-18-12-26(2)13-19-29)24-33(23-31)36(8,9)30-20-14-27(3)15-21-30;1-17-5-11-20(12-6-17)23(4,21-13-7-18(2)8-14-21)22-15-9-19(3)10-16-22;1-5-8(4,6-2)7-3;1-4-7(5-2)6-3/h10-24H,1-9H3;5-16H,1-4H3;5-7H2,1-4H3;7H,4-6H2,1-3H3. The summed E-state index contributed by atoms with van der Waals surface area (Å²) in [6, 6.07) is 61.3. The molecule has 7 rings (SSSR count). The Morgan fingerprint density at radius 3 is 0.568 bits per heavy atom. The van der Waals surface area contributed by atoms with Crippen molar-refractivity contribution in [3.05, 3.63) is 247 Å². The number of benzene rings is 7. The van der Waals surface area contributed by atoms with Gasteiger partial charge in [0, 0.05) is 21.7 Å². The van der Waals surface area contributed by atoms with E-state index in [0.29, 0.717) is 5.41 Å². The summed E-state index contributed by atoms with van der Waals surface area (Å²) in [5.74, 6) is 0.986. The van der Waals surface area contributed by atoms with Crippen LogP contribution < -0.4 is 0 Å². The lowest BCUT2D eigenvalue weighted by molar-refractivity contribution is 0.286. The van der Waals surface area contributed by atoms with Gasteiger partial charge in [-0.3, -0.25) is 0 Å². The second-order valence-corrected chi connectivity index (χ2v) is 24.0. The van der Waals surface area contributed by atoms with Crippen molar-refractivity contribution < 1.29 is 0 Å². The Balaban J connectivity index is 0.000000264. The molecule has 0 bridgehead atoms. The van der Waals surface area contributed by atoms with Crippen LogP contribution in [0.1, 0.15) is 219 Å². The fourth-order valence-corrected chi connectivity index (χ4v) is 9.90. The zero-order chi connectivity index (χ0) is 55.1. The van der Waals surface area contributed by atoms with Gasteiger partial charge in [-0.05, 0) is 110 Å². The highest BCUT2D eigenvalue weighted by molar-refractivity contribution is 5.53. The lowest BCUT2D eigenvalue weighted by Crippen LogP contribution is -2.26. The van der Waals surface area contributed by atoms with Crippen LogP contribution in [-0.2, 0) is 21.7 Å². The molecule has 396 valence electrons. The Labute approximate surface area is 454 Å². The molecule has 7 aromatic carbocycles. The summed E-state index contributed by atoms with van der Waals surface area (Å²) >= 11 is 0. The third-order valence-electron chi connectivity index (χ3n) is 17.6. The quantitative estimate of drug-likeness (QED) is 0.0898. The summed E-state index contributed by atoms with van der Waals surface area (Å²) in [5.41, 5.74) is 20.0. The number of aryl methyl sites for hydroxylation is 6.